The highest BCUT2D eigenvalue weighted by atomic mass is 32.1. The Hall–Kier alpha value is -4.47. The Kier molecular flexibility index (Phi) is 11.3. The lowest BCUT2D eigenvalue weighted by atomic mass is 10.0. The van der Waals surface area contributed by atoms with Crippen molar-refractivity contribution in [3.63, 3.8) is 0 Å². The Morgan fingerprint density at radius 3 is 2.05 bits per heavy atom. The van der Waals surface area contributed by atoms with Gasteiger partial charge in [-0.15, -0.1) is 0 Å². The highest BCUT2D eigenvalue weighted by Crippen LogP contribution is 2.15. The minimum atomic E-state index is -0.919. The van der Waals surface area contributed by atoms with Crippen molar-refractivity contribution in [2.24, 2.45) is 5.73 Å². The van der Waals surface area contributed by atoms with Gasteiger partial charge < -0.3 is 26.4 Å². The lowest BCUT2D eigenvalue weighted by Gasteiger charge is -2.23. The van der Waals surface area contributed by atoms with Gasteiger partial charge in [0.25, 0.3) is 5.91 Å². The van der Waals surface area contributed by atoms with Crippen molar-refractivity contribution in [3.05, 3.63) is 124 Å². The maximum atomic E-state index is 13.7. The van der Waals surface area contributed by atoms with Gasteiger partial charge in [-0.1, -0.05) is 54.6 Å². The Morgan fingerprint density at radius 1 is 0.762 bits per heavy atom. The number of amides is 3. The van der Waals surface area contributed by atoms with Crippen LogP contribution in [0.5, 0.6) is 5.75 Å². The minimum absolute atomic E-state index is 0.233. The van der Waals surface area contributed by atoms with E-state index in [-0.39, 0.29) is 18.2 Å². The van der Waals surface area contributed by atoms with E-state index in [1.165, 1.54) is 11.3 Å². The van der Waals surface area contributed by atoms with Crippen molar-refractivity contribution in [1.29, 1.82) is 0 Å². The van der Waals surface area contributed by atoms with Crippen LogP contribution < -0.4 is 26.4 Å². The van der Waals surface area contributed by atoms with E-state index >= 15 is 0 Å². The molecule has 0 radical (unpaired) electrons. The summed E-state index contributed by atoms with van der Waals surface area (Å²) in [5, 5.41) is 12.6. The maximum absolute atomic E-state index is 13.7. The van der Waals surface area contributed by atoms with E-state index in [0.717, 1.165) is 28.0 Å². The number of benzene rings is 3. The van der Waals surface area contributed by atoms with Crippen LogP contribution in [-0.4, -0.2) is 36.4 Å². The fourth-order valence-corrected chi connectivity index (χ4v) is 5.08. The molecule has 0 aliphatic heterocycles. The van der Waals surface area contributed by atoms with Gasteiger partial charge in [-0.3, -0.25) is 14.4 Å². The fraction of sp³-hybridized carbons (Fsp3) is 0.242. The van der Waals surface area contributed by atoms with Gasteiger partial charge in [-0.2, -0.15) is 11.3 Å². The molecule has 5 N–H and O–H groups in total. The lowest BCUT2D eigenvalue weighted by molar-refractivity contribution is -0.130. The molecular weight excluding hydrogens is 548 g/mol. The van der Waals surface area contributed by atoms with Crippen molar-refractivity contribution < 1.29 is 19.1 Å². The molecule has 2 atom stereocenters. The van der Waals surface area contributed by atoms with Crippen molar-refractivity contribution in [2.75, 3.05) is 6.61 Å². The Morgan fingerprint density at radius 2 is 1.40 bits per heavy atom. The Labute approximate surface area is 250 Å². The first-order chi connectivity index (χ1) is 20.4. The molecule has 9 heteroatoms. The molecule has 0 bridgehead atoms. The van der Waals surface area contributed by atoms with E-state index in [9.17, 15) is 14.4 Å². The molecule has 4 aromatic rings. The second kappa shape index (κ2) is 15.5. The summed E-state index contributed by atoms with van der Waals surface area (Å²) in [5.74, 6) is -0.412. The zero-order chi connectivity index (χ0) is 29.7. The molecule has 0 fully saturated rings. The topological polar surface area (TPSA) is 123 Å². The quantitative estimate of drug-likeness (QED) is 0.179. The molecular formula is C33H36N4O4S. The van der Waals surface area contributed by atoms with Crippen LogP contribution in [0.3, 0.4) is 0 Å². The highest BCUT2D eigenvalue weighted by Gasteiger charge is 2.28. The summed E-state index contributed by atoms with van der Waals surface area (Å²) in [4.78, 5) is 40.2. The number of thiophene rings is 1. The molecule has 0 saturated heterocycles. The molecule has 3 amide bonds. The molecule has 0 aliphatic carbocycles. The van der Waals surface area contributed by atoms with Crippen LogP contribution >= 0.6 is 11.3 Å². The summed E-state index contributed by atoms with van der Waals surface area (Å²) >= 11 is 1.52. The molecule has 2 unspecified atom stereocenters. The molecule has 4 rings (SSSR count). The minimum Gasteiger partial charge on any atom is -0.494 e. The average molecular weight is 585 g/mol. The van der Waals surface area contributed by atoms with Crippen molar-refractivity contribution in [3.8, 4) is 5.75 Å². The molecule has 1 aromatic heterocycles. The molecule has 8 nitrogen and oxygen atoms in total. The van der Waals surface area contributed by atoms with Gasteiger partial charge in [-0.05, 0) is 70.3 Å². The Balaban J connectivity index is 1.51. The fourth-order valence-electron chi connectivity index (χ4n) is 4.40. The second-order valence-corrected chi connectivity index (χ2v) is 10.6. The molecule has 3 aromatic carbocycles. The van der Waals surface area contributed by atoms with Crippen molar-refractivity contribution in [2.45, 2.75) is 44.9 Å². The van der Waals surface area contributed by atoms with Gasteiger partial charge in [0.15, 0.2) is 0 Å². The molecule has 1 heterocycles. The SMILES string of the molecule is CCOc1ccc(CC(NC(=O)c2ccccc2)C(=O)NC(Cc2ccsc2)C(=O)NCc2ccc(CN)cc2)cc1. The summed E-state index contributed by atoms with van der Waals surface area (Å²) in [7, 11) is 0. The number of hydrogen-bond donors (Lipinski definition) is 4. The van der Waals surface area contributed by atoms with Crippen LogP contribution in [0.25, 0.3) is 0 Å². The zero-order valence-electron chi connectivity index (χ0n) is 23.5. The van der Waals surface area contributed by atoms with Gasteiger partial charge in [0, 0.05) is 31.5 Å². The molecule has 0 aliphatic rings. The van der Waals surface area contributed by atoms with Crippen LogP contribution in [0.15, 0.2) is 95.7 Å². The van der Waals surface area contributed by atoms with Crippen LogP contribution in [-0.2, 0) is 35.5 Å². The number of nitrogens with two attached hydrogens (primary N) is 1. The number of carbonyl (C=O) groups is 3. The third-order valence-corrected chi connectivity index (χ3v) is 7.44. The second-order valence-electron chi connectivity index (χ2n) is 9.81. The Bertz CT molecular complexity index is 1430. The first-order valence-electron chi connectivity index (χ1n) is 13.9. The van der Waals surface area contributed by atoms with E-state index in [0.29, 0.717) is 31.7 Å². The summed E-state index contributed by atoms with van der Waals surface area (Å²) in [6.45, 7) is 3.21. The predicted molar refractivity (Wildman–Crippen MR) is 165 cm³/mol. The normalized spacial score (nSPS) is 12.1. The number of hydrogen-bond acceptors (Lipinski definition) is 6. The van der Waals surface area contributed by atoms with Crippen molar-refractivity contribution >= 4 is 29.1 Å². The van der Waals surface area contributed by atoms with Crippen LogP contribution in [0.1, 0.15) is 39.5 Å². The van der Waals surface area contributed by atoms with Gasteiger partial charge in [-0.25, -0.2) is 0 Å². The maximum Gasteiger partial charge on any atom is 0.251 e. The largest absolute Gasteiger partial charge is 0.494 e. The third kappa shape index (κ3) is 9.02. The summed E-state index contributed by atoms with van der Waals surface area (Å²) in [5.41, 5.74) is 9.82. The standard InChI is InChI=1S/C33H36N4O4S/c1-2-41-28-14-12-23(13-15-28)18-30(36-31(38)27-6-4-3-5-7-27)33(40)37-29(19-26-16-17-42-22-26)32(39)35-21-25-10-8-24(20-34)9-11-25/h3-17,22,29-30H,2,18-21,34H2,1H3,(H,35,39)(H,36,38)(H,37,40). The number of ether oxygens (including phenoxy) is 1. The van der Waals surface area contributed by atoms with Gasteiger partial charge in [0.1, 0.15) is 17.8 Å². The van der Waals surface area contributed by atoms with Gasteiger partial charge >= 0.3 is 0 Å². The molecule has 0 spiro atoms. The smallest absolute Gasteiger partial charge is 0.251 e. The molecule has 218 valence electrons. The van der Waals surface area contributed by atoms with E-state index in [1.807, 2.05) is 78.3 Å². The van der Waals surface area contributed by atoms with Crippen molar-refractivity contribution in [1.82, 2.24) is 16.0 Å². The van der Waals surface area contributed by atoms with E-state index in [4.69, 9.17) is 10.5 Å². The first kappa shape index (κ1) is 30.5. The molecule has 0 saturated carbocycles. The van der Waals surface area contributed by atoms with Crippen LogP contribution in [0.4, 0.5) is 0 Å². The van der Waals surface area contributed by atoms with Crippen LogP contribution in [0.2, 0.25) is 0 Å². The van der Waals surface area contributed by atoms with E-state index in [2.05, 4.69) is 16.0 Å². The first-order valence-corrected chi connectivity index (χ1v) is 14.8. The van der Waals surface area contributed by atoms with E-state index in [1.54, 1.807) is 24.3 Å². The third-order valence-electron chi connectivity index (χ3n) is 6.71. The lowest BCUT2D eigenvalue weighted by Crippen LogP contribution is -2.55. The zero-order valence-corrected chi connectivity index (χ0v) is 24.4. The predicted octanol–water partition coefficient (Wildman–Crippen LogP) is 3.99. The summed E-state index contributed by atoms with van der Waals surface area (Å²) in [6.07, 6.45) is 0.548. The van der Waals surface area contributed by atoms with Crippen LogP contribution in [0, 0.1) is 0 Å². The number of carbonyl (C=O) groups excluding carboxylic acids is 3. The monoisotopic (exact) mass is 584 g/mol. The molecule has 42 heavy (non-hydrogen) atoms. The van der Waals surface area contributed by atoms with Gasteiger partial charge in [0.05, 0.1) is 6.61 Å². The number of rotatable bonds is 14. The number of nitrogens with one attached hydrogen (secondary N) is 3. The summed E-state index contributed by atoms with van der Waals surface area (Å²) in [6, 6.07) is 24.0. The average Bonchev–Trinajstić information content (AvgIpc) is 3.54. The highest BCUT2D eigenvalue weighted by molar-refractivity contribution is 7.07. The summed E-state index contributed by atoms with van der Waals surface area (Å²) < 4.78 is 5.53. The van der Waals surface area contributed by atoms with E-state index < -0.39 is 18.0 Å². The van der Waals surface area contributed by atoms with Gasteiger partial charge in [0.2, 0.25) is 11.8 Å².